The van der Waals surface area contributed by atoms with Gasteiger partial charge in [0.1, 0.15) is 6.79 Å². The fourth-order valence-corrected chi connectivity index (χ4v) is 2.58. The zero-order chi connectivity index (χ0) is 14.5. The largest absolute Gasteiger partial charge is 0.356 e. The summed E-state index contributed by atoms with van der Waals surface area (Å²) in [5.74, 6) is 0. The van der Waals surface area contributed by atoms with Crippen LogP contribution in [-0.4, -0.2) is 21.5 Å². The smallest absolute Gasteiger partial charge is 0.147 e. The van der Waals surface area contributed by atoms with Crippen LogP contribution in [0.3, 0.4) is 0 Å². The summed E-state index contributed by atoms with van der Waals surface area (Å²) in [6, 6.07) is 9.40. The third kappa shape index (κ3) is 6.70. The molecule has 0 fully saturated rings. The average Bonchev–Trinajstić information content (AvgIpc) is 2.27. The fourth-order valence-electron chi connectivity index (χ4n) is 1.56. The predicted octanol–water partition coefficient (Wildman–Crippen LogP) is 5.01. The van der Waals surface area contributed by atoms with Crippen molar-refractivity contribution in [1.82, 2.24) is 0 Å². The second-order valence-electron chi connectivity index (χ2n) is 6.50. The quantitative estimate of drug-likeness (QED) is 0.393. The van der Waals surface area contributed by atoms with E-state index in [9.17, 15) is 0 Å². The Morgan fingerprint density at radius 3 is 2.21 bits per heavy atom. The molecular formula is C15H25BrO2Si. The zero-order valence-corrected chi connectivity index (χ0v) is 15.2. The molecule has 2 nitrogen and oxygen atoms in total. The van der Waals surface area contributed by atoms with Crippen LogP contribution < -0.4 is 0 Å². The van der Waals surface area contributed by atoms with Crippen molar-refractivity contribution in [2.75, 3.05) is 13.4 Å². The van der Waals surface area contributed by atoms with E-state index in [2.05, 4.69) is 61.6 Å². The minimum Gasteiger partial charge on any atom is -0.356 e. The first-order chi connectivity index (χ1) is 8.71. The number of hydrogen-bond donors (Lipinski definition) is 0. The van der Waals surface area contributed by atoms with Crippen molar-refractivity contribution in [2.24, 2.45) is 0 Å². The topological polar surface area (TPSA) is 18.5 Å². The number of benzene rings is 1. The van der Waals surface area contributed by atoms with Gasteiger partial charge >= 0.3 is 0 Å². The molecule has 0 saturated heterocycles. The number of hydrogen-bond acceptors (Lipinski definition) is 2. The van der Waals surface area contributed by atoms with Gasteiger partial charge < -0.3 is 9.47 Å². The second-order valence-corrected chi connectivity index (χ2v) is 13.0. The van der Waals surface area contributed by atoms with E-state index in [1.165, 1.54) is 6.04 Å². The molecule has 0 aliphatic rings. The van der Waals surface area contributed by atoms with E-state index < -0.39 is 8.07 Å². The van der Waals surface area contributed by atoms with Gasteiger partial charge in [-0.15, -0.1) is 0 Å². The minimum absolute atomic E-state index is 0.320. The van der Waals surface area contributed by atoms with Crippen LogP contribution in [0.4, 0.5) is 0 Å². The van der Waals surface area contributed by atoms with Gasteiger partial charge in [0, 0.05) is 19.2 Å². The molecule has 4 heteroatoms. The number of halogens is 1. The van der Waals surface area contributed by atoms with Crippen molar-refractivity contribution >= 4 is 24.0 Å². The lowest BCUT2D eigenvalue weighted by molar-refractivity contribution is -0.129. The maximum Gasteiger partial charge on any atom is 0.147 e. The van der Waals surface area contributed by atoms with E-state index in [0.717, 1.165) is 16.6 Å². The van der Waals surface area contributed by atoms with Gasteiger partial charge in [0.05, 0.1) is 5.60 Å². The van der Waals surface area contributed by atoms with Crippen LogP contribution in [0.2, 0.25) is 25.7 Å². The molecule has 0 aromatic heterocycles. The van der Waals surface area contributed by atoms with Gasteiger partial charge in [0.25, 0.3) is 0 Å². The molecule has 1 rings (SSSR count). The highest BCUT2D eigenvalue weighted by Gasteiger charge is 2.21. The molecule has 0 aliphatic heterocycles. The first-order valence-electron chi connectivity index (χ1n) is 6.68. The monoisotopic (exact) mass is 344 g/mol. The standard InChI is InChI=1S/C15H25BrO2Si/c1-15(2,13-6-8-14(16)9-7-13)18-12-17-10-11-19(3,4)5/h6-9H,10-12H2,1-5H3. The van der Waals surface area contributed by atoms with Gasteiger partial charge in [-0.3, -0.25) is 0 Å². The molecule has 0 saturated carbocycles. The molecule has 0 spiro atoms. The van der Waals surface area contributed by atoms with Gasteiger partial charge in [-0.25, -0.2) is 0 Å². The van der Waals surface area contributed by atoms with Crippen molar-refractivity contribution in [2.45, 2.75) is 45.1 Å². The van der Waals surface area contributed by atoms with Crippen LogP contribution in [0, 0.1) is 0 Å². The summed E-state index contributed by atoms with van der Waals surface area (Å²) < 4.78 is 12.5. The summed E-state index contributed by atoms with van der Waals surface area (Å²) in [5, 5.41) is 0. The zero-order valence-electron chi connectivity index (χ0n) is 12.6. The Morgan fingerprint density at radius 2 is 1.68 bits per heavy atom. The highest BCUT2D eigenvalue weighted by Crippen LogP contribution is 2.26. The first-order valence-corrected chi connectivity index (χ1v) is 11.2. The van der Waals surface area contributed by atoms with E-state index in [1.807, 2.05) is 12.1 Å². The molecule has 19 heavy (non-hydrogen) atoms. The van der Waals surface area contributed by atoms with Crippen molar-refractivity contribution in [1.29, 1.82) is 0 Å². The van der Waals surface area contributed by atoms with Crippen LogP contribution in [-0.2, 0) is 15.1 Å². The maximum absolute atomic E-state index is 5.85. The van der Waals surface area contributed by atoms with Crippen LogP contribution in [0.25, 0.3) is 0 Å². The Hall–Kier alpha value is -0.163. The summed E-state index contributed by atoms with van der Waals surface area (Å²) in [4.78, 5) is 0. The SMILES string of the molecule is CC(C)(OCOCC[Si](C)(C)C)c1ccc(Br)cc1. The normalized spacial score (nSPS) is 12.7. The molecule has 0 bridgehead atoms. The van der Waals surface area contributed by atoms with Gasteiger partial charge in [-0.05, 0) is 37.6 Å². The molecule has 1 aromatic carbocycles. The lowest BCUT2D eigenvalue weighted by atomic mass is 9.98. The van der Waals surface area contributed by atoms with Crippen LogP contribution in [0.1, 0.15) is 19.4 Å². The molecule has 0 N–H and O–H groups in total. The third-order valence-electron chi connectivity index (χ3n) is 3.04. The number of rotatable bonds is 7. The van der Waals surface area contributed by atoms with Gasteiger partial charge in [-0.2, -0.15) is 0 Å². The van der Waals surface area contributed by atoms with Crippen molar-refractivity contribution in [3.63, 3.8) is 0 Å². The van der Waals surface area contributed by atoms with E-state index in [0.29, 0.717) is 6.79 Å². The van der Waals surface area contributed by atoms with E-state index in [1.54, 1.807) is 0 Å². The Morgan fingerprint density at radius 1 is 1.11 bits per heavy atom. The number of ether oxygens (including phenoxy) is 2. The third-order valence-corrected chi connectivity index (χ3v) is 5.27. The van der Waals surface area contributed by atoms with E-state index in [4.69, 9.17) is 9.47 Å². The van der Waals surface area contributed by atoms with Crippen molar-refractivity contribution in [3.8, 4) is 0 Å². The van der Waals surface area contributed by atoms with Crippen LogP contribution in [0.15, 0.2) is 28.7 Å². The molecule has 0 amide bonds. The van der Waals surface area contributed by atoms with Gasteiger partial charge in [0.2, 0.25) is 0 Å². The fraction of sp³-hybridized carbons (Fsp3) is 0.600. The molecule has 0 unspecified atom stereocenters. The summed E-state index contributed by atoms with van der Waals surface area (Å²) in [6.45, 7) is 12.3. The maximum atomic E-state index is 5.85. The Labute approximate surface area is 126 Å². The molecular weight excluding hydrogens is 320 g/mol. The van der Waals surface area contributed by atoms with E-state index >= 15 is 0 Å². The van der Waals surface area contributed by atoms with Crippen LogP contribution >= 0.6 is 15.9 Å². The summed E-state index contributed by atoms with van der Waals surface area (Å²) in [6.07, 6.45) is 0. The second kappa shape index (κ2) is 7.02. The highest BCUT2D eigenvalue weighted by molar-refractivity contribution is 9.10. The molecule has 0 heterocycles. The molecule has 108 valence electrons. The molecule has 0 atom stereocenters. The van der Waals surface area contributed by atoms with Crippen molar-refractivity contribution in [3.05, 3.63) is 34.3 Å². The molecule has 0 radical (unpaired) electrons. The lowest BCUT2D eigenvalue weighted by Crippen LogP contribution is -2.25. The molecule has 0 aliphatic carbocycles. The Bertz CT molecular complexity index is 382. The summed E-state index contributed by atoms with van der Waals surface area (Å²) >= 11 is 3.44. The predicted molar refractivity (Wildman–Crippen MR) is 87.2 cm³/mol. The van der Waals surface area contributed by atoms with Crippen LogP contribution in [0.5, 0.6) is 0 Å². The molecule has 1 aromatic rings. The highest BCUT2D eigenvalue weighted by atomic mass is 79.9. The summed E-state index contributed by atoms with van der Waals surface area (Å²) in [7, 11) is -1.01. The van der Waals surface area contributed by atoms with Crippen molar-refractivity contribution < 1.29 is 9.47 Å². The Balaban J connectivity index is 2.37. The Kier molecular flexibility index (Phi) is 6.24. The van der Waals surface area contributed by atoms with Gasteiger partial charge in [-0.1, -0.05) is 47.7 Å². The summed E-state index contributed by atoms with van der Waals surface area (Å²) in [5.41, 5.74) is 0.837. The van der Waals surface area contributed by atoms with E-state index in [-0.39, 0.29) is 5.60 Å². The first kappa shape index (κ1) is 16.9. The minimum atomic E-state index is -1.01. The van der Waals surface area contributed by atoms with Gasteiger partial charge in [0.15, 0.2) is 0 Å². The average molecular weight is 345 g/mol. The lowest BCUT2D eigenvalue weighted by Gasteiger charge is -2.26.